The van der Waals surface area contributed by atoms with Crippen LogP contribution >= 0.6 is 0 Å². The van der Waals surface area contributed by atoms with Crippen molar-refractivity contribution in [2.24, 2.45) is 0 Å². The fourth-order valence-electron chi connectivity index (χ4n) is 2.96. The lowest BCUT2D eigenvalue weighted by Crippen LogP contribution is -2.20. The first kappa shape index (κ1) is 15.3. The highest BCUT2D eigenvalue weighted by Gasteiger charge is 2.20. The number of para-hydroxylation sites is 1. The van der Waals surface area contributed by atoms with Gasteiger partial charge in [0.1, 0.15) is 5.75 Å². The minimum atomic E-state index is -0.307. The molecule has 23 heavy (non-hydrogen) atoms. The summed E-state index contributed by atoms with van der Waals surface area (Å²) in [5.41, 5.74) is 3.51. The molecule has 0 radical (unpaired) electrons. The summed E-state index contributed by atoms with van der Waals surface area (Å²) in [6.45, 7) is 1.41. The smallest absolute Gasteiger partial charge is 0.308 e. The molecule has 1 aromatic heterocycles. The Morgan fingerprint density at radius 1 is 1.09 bits per heavy atom. The standard InChI is InChI=1S/C19H20N2O2/c1-13(22)23-15-10-8-14(9-11-15)19(21(2)3)17-12-20-18-7-5-4-6-16(17)18/h4-12,19-20H,1-3H3. The molecule has 0 fully saturated rings. The van der Waals surface area contributed by atoms with Crippen LogP contribution in [-0.2, 0) is 4.79 Å². The van der Waals surface area contributed by atoms with Crippen LogP contribution < -0.4 is 4.74 Å². The zero-order valence-corrected chi connectivity index (χ0v) is 13.5. The van der Waals surface area contributed by atoms with Crippen molar-refractivity contribution in [1.82, 2.24) is 9.88 Å². The number of nitrogens with zero attached hydrogens (tertiary/aromatic N) is 1. The summed E-state index contributed by atoms with van der Waals surface area (Å²) < 4.78 is 5.11. The van der Waals surface area contributed by atoms with Gasteiger partial charge in [0.2, 0.25) is 0 Å². The minimum Gasteiger partial charge on any atom is -0.427 e. The number of esters is 1. The third kappa shape index (κ3) is 3.12. The van der Waals surface area contributed by atoms with Gasteiger partial charge in [-0.05, 0) is 43.4 Å². The van der Waals surface area contributed by atoms with E-state index in [1.54, 1.807) is 0 Å². The third-order valence-electron chi connectivity index (χ3n) is 3.89. The number of hydrogen-bond acceptors (Lipinski definition) is 3. The van der Waals surface area contributed by atoms with Crippen LogP contribution in [0.25, 0.3) is 10.9 Å². The van der Waals surface area contributed by atoms with Crippen LogP contribution in [0.5, 0.6) is 5.75 Å². The molecule has 3 rings (SSSR count). The maximum Gasteiger partial charge on any atom is 0.308 e. The van der Waals surface area contributed by atoms with Crippen molar-refractivity contribution < 1.29 is 9.53 Å². The van der Waals surface area contributed by atoms with Crippen LogP contribution in [0.4, 0.5) is 0 Å². The van der Waals surface area contributed by atoms with Crippen molar-refractivity contribution in [3.8, 4) is 5.75 Å². The van der Waals surface area contributed by atoms with Gasteiger partial charge < -0.3 is 9.72 Å². The number of rotatable bonds is 4. The molecule has 3 aromatic rings. The molecule has 1 unspecified atom stereocenters. The Morgan fingerprint density at radius 3 is 2.43 bits per heavy atom. The normalized spacial score (nSPS) is 12.5. The van der Waals surface area contributed by atoms with E-state index in [1.807, 2.05) is 30.3 Å². The Labute approximate surface area is 135 Å². The number of carbonyl (C=O) groups is 1. The second-order valence-corrected chi connectivity index (χ2v) is 5.82. The van der Waals surface area contributed by atoms with Gasteiger partial charge in [-0.2, -0.15) is 0 Å². The molecule has 0 aliphatic carbocycles. The maximum absolute atomic E-state index is 11.0. The van der Waals surface area contributed by atoms with Gasteiger partial charge in [0.15, 0.2) is 0 Å². The van der Waals surface area contributed by atoms with Crippen LogP contribution in [0.2, 0.25) is 0 Å². The second-order valence-electron chi connectivity index (χ2n) is 5.82. The van der Waals surface area contributed by atoms with E-state index in [0.717, 1.165) is 11.1 Å². The van der Waals surface area contributed by atoms with Crippen LogP contribution in [0.3, 0.4) is 0 Å². The molecular formula is C19H20N2O2. The van der Waals surface area contributed by atoms with E-state index in [4.69, 9.17) is 4.74 Å². The predicted octanol–water partition coefficient (Wildman–Crippen LogP) is 3.74. The van der Waals surface area contributed by atoms with Crippen molar-refractivity contribution in [1.29, 1.82) is 0 Å². The molecule has 1 heterocycles. The molecule has 1 N–H and O–H groups in total. The lowest BCUT2D eigenvalue weighted by molar-refractivity contribution is -0.131. The third-order valence-corrected chi connectivity index (χ3v) is 3.89. The quantitative estimate of drug-likeness (QED) is 0.590. The molecule has 0 spiro atoms. The number of aromatic amines is 1. The Hall–Kier alpha value is -2.59. The molecule has 0 saturated heterocycles. The van der Waals surface area contributed by atoms with Gasteiger partial charge in [-0.1, -0.05) is 30.3 Å². The molecule has 4 nitrogen and oxygen atoms in total. The highest BCUT2D eigenvalue weighted by atomic mass is 16.5. The molecule has 2 aromatic carbocycles. The van der Waals surface area contributed by atoms with Crippen LogP contribution in [0, 0.1) is 0 Å². The number of nitrogens with one attached hydrogen (secondary N) is 1. The SMILES string of the molecule is CC(=O)Oc1ccc(C(c2c[nH]c3ccccc23)N(C)C)cc1. The lowest BCUT2D eigenvalue weighted by Gasteiger charge is -2.25. The number of carbonyl (C=O) groups excluding carboxylic acids is 1. The number of hydrogen-bond donors (Lipinski definition) is 1. The fourth-order valence-corrected chi connectivity index (χ4v) is 2.96. The number of benzene rings is 2. The first-order valence-corrected chi connectivity index (χ1v) is 7.57. The topological polar surface area (TPSA) is 45.3 Å². The molecule has 0 amide bonds. The van der Waals surface area contributed by atoms with Crippen LogP contribution in [-0.4, -0.2) is 29.9 Å². The lowest BCUT2D eigenvalue weighted by atomic mass is 9.97. The molecule has 0 aliphatic heterocycles. The average molecular weight is 308 g/mol. The minimum absolute atomic E-state index is 0.123. The van der Waals surface area contributed by atoms with Crippen LogP contribution in [0.1, 0.15) is 24.1 Å². The zero-order chi connectivity index (χ0) is 16.4. The van der Waals surface area contributed by atoms with Crippen molar-refractivity contribution in [3.63, 3.8) is 0 Å². The average Bonchev–Trinajstić information content (AvgIpc) is 2.92. The first-order valence-electron chi connectivity index (χ1n) is 7.57. The van der Waals surface area contributed by atoms with Gasteiger partial charge in [-0.15, -0.1) is 0 Å². The molecular weight excluding hydrogens is 288 g/mol. The highest BCUT2D eigenvalue weighted by molar-refractivity contribution is 5.84. The monoisotopic (exact) mass is 308 g/mol. The summed E-state index contributed by atoms with van der Waals surface area (Å²) in [5.74, 6) is 0.260. The van der Waals surface area contributed by atoms with E-state index in [2.05, 4.69) is 48.4 Å². The zero-order valence-electron chi connectivity index (χ0n) is 13.5. The van der Waals surface area contributed by atoms with Gasteiger partial charge >= 0.3 is 5.97 Å². The van der Waals surface area contributed by atoms with E-state index in [9.17, 15) is 4.79 Å². The van der Waals surface area contributed by atoms with E-state index in [-0.39, 0.29) is 12.0 Å². The summed E-state index contributed by atoms with van der Waals surface area (Å²) in [6.07, 6.45) is 2.06. The van der Waals surface area contributed by atoms with Crippen molar-refractivity contribution in [2.45, 2.75) is 13.0 Å². The van der Waals surface area contributed by atoms with Gasteiger partial charge in [0, 0.05) is 24.0 Å². The molecule has 0 saturated carbocycles. The summed E-state index contributed by atoms with van der Waals surface area (Å²) in [4.78, 5) is 16.6. The molecule has 118 valence electrons. The first-order chi connectivity index (χ1) is 11.1. The van der Waals surface area contributed by atoms with E-state index in [1.165, 1.54) is 17.9 Å². The Bertz CT molecular complexity index is 819. The molecule has 0 aliphatic rings. The number of H-pyrrole nitrogens is 1. The second kappa shape index (κ2) is 6.26. The van der Waals surface area contributed by atoms with E-state index in [0.29, 0.717) is 5.75 Å². The molecule has 4 heteroatoms. The number of aromatic nitrogens is 1. The predicted molar refractivity (Wildman–Crippen MR) is 91.6 cm³/mol. The van der Waals surface area contributed by atoms with Gasteiger partial charge in [-0.25, -0.2) is 0 Å². The molecule has 1 atom stereocenters. The fraction of sp³-hybridized carbons (Fsp3) is 0.211. The maximum atomic E-state index is 11.0. The summed E-state index contributed by atoms with van der Waals surface area (Å²) >= 11 is 0. The summed E-state index contributed by atoms with van der Waals surface area (Å²) in [7, 11) is 4.12. The van der Waals surface area contributed by atoms with Crippen molar-refractivity contribution in [3.05, 3.63) is 65.9 Å². The Balaban J connectivity index is 2.00. The summed E-state index contributed by atoms with van der Waals surface area (Å²) in [6, 6.07) is 16.1. The summed E-state index contributed by atoms with van der Waals surface area (Å²) in [5, 5.41) is 1.22. The Morgan fingerprint density at radius 2 is 1.78 bits per heavy atom. The van der Waals surface area contributed by atoms with E-state index < -0.39 is 0 Å². The highest BCUT2D eigenvalue weighted by Crippen LogP contribution is 2.32. The van der Waals surface area contributed by atoms with Crippen LogP contribution in [0.15, 0.2) is 54.7 Å². The Kier molecular flexibility index (Phi) is 4.17. The van der Waals surface area contributed by atoms with E-state index >= 15 is 0 Å². The largest absolute Gasteiger partial charge is 0.427 e. The van der Waals surface area contributed by atoms with Crippen molar-refractivity contribution in [2.75, 3.05) is 14.1 Å². The number of ether oxygens (including phenoxy) is 1. The molecule has 0 bridgehead atoms. The number of fused-ring (bicyclic) bond motifs is 1. The van der Waals surface area contributed by atoms with Gasteiger partial charge in [-0.3, -0.25) is 9.69 Å². The van der Waals surface area contributed by atoms with Crippen molar-refractivity contribution >= 4 is 16.9 Å². The van der Waals surface area contributed by atoms with Gasteiger partial charge in [0.05, 0.1) is 6.04 Å². The van der Waals surface area contributed by atoms with Gasteiger partial charge in [0.25, 0.3) is 0 Å².